The van der Waals surface area contributed by atoms with Gasteiger partial charge in [-0.05, 0) is 51.4 Å². The van der Waals surface area contributed by atoms with Crippen LogP contribution in [0.15, 0.2) is 48.6 Å². The Morgan fingerprint density at radius 2 is 1.24 bits per heavy atom. The molecule has 0 rings (SSSR count). The third kappa shape index (κ3) is 22.4. The lowest BCUT2D eigenvalue weighted by molar-refractivity contribution is -0.142. The maximum atomic E-state index is 10.2. The van der Waals surface area contributed by atoms with E-state index in [0.717, 1.165) is 38.5 Å². The maximum absolute atomic E-state index is 10.2. The predicted octanol–water partition coefficient (Wildman–Crippen LogP) is 6.23. The molecule has 1 N–H and O–H groups in total. The second-order valence-electron chi connectivity index (χ2n) is 6.03. The van der Waals surface area contributed by atoms with Crippen molar-refractivity contribution in [2.75, 3.05) is 13.2 Å². The summed E-state index contributed by atoms with van der Waals surface area (Å²) < 4.78 is 4.98. The van der Waals surface area contributed by atoms with Crippen LogP contribution in [-0.2, 0) is 9.53 Å². The zero-order chi connectivity index (χ0) is 18.4. The third-order valence-electron chi connectivity index (χ3n) is 3.59. The van der Waals surface area contributed by atoms with Gasteiger partial charge in [0.25, 0.3) is 0 Å². The molecule has 0 aromatic carbocycles. The number of allylic oxidation sites excluding steroid dienone is 8. The molecule has 0 aliphatic heterocycles. The summed E-state index contributed by atoms with van der Waals surface area (Å²) in [5.41, 5.74) is 0. The van der Waals surface area contributed by atoms with Gasteiger partial charge in [-0.2, -0.15) is 0 Å². The molecule has 0 spiro atoms. The standard InChI is InChI=1S/C22H36O3/c1-2-3-4-5-6-7-8-9-10-11-12-13-14-15-16-17-18-19-20-25-21-22(23)24/h6-7,9-10,12-13,15-16H,2-5,8,11,14,17-21H2,1H3,(H,23,24). The van der Waals surface area contributed by atoms with Crippen LogP contribution >= 0.6 is 0 Å². The number of unbranched alkanes of at least 4 members (excludes halogenated alkanes) is 5. The van der Waals surface area contributed by atoms with Crippen molar-refractivity contribution in [1.29, 1.82) is 0 Å². The van der Waals surface area contributed by atoms with Crippen LogP contribution in [0, 0.1) is 0 Å². The van der Waals surface area contributed by atoms with E-state index in [9.17, 15) is 4.79 Å². The Morgan fingerprint density at radius 3 is 1.72 bits per heavy atom. The largest absolute Gasteiger partial charge is 0.480 e. The van der Waals surface area contributed by atoms with Crippen LogP contribution in [0.25, 0.3) is 0 Å². The van der Waals surface area contributed by atoms with Crippen molar-refractivity contribution in [3.63, 3.8) is 0 Å². The van der Waals surface area contributed by atoms with Crippen molar-refractivity contribution in [2.24, 2.45) is 0 Å². The molecule has 3 heteroatoms. The van der Waals surface area contributed by atoms with Crippen molar-refractivity contribution < 1.29 is 14.6 Å². The SMILES string of the molecule is CCCCCC=CCC=CCC=CCC=CCCCCOCC(=O)O. The highest BCUT2D eigenvalue weighted by Gasteiger charge is 1.94. The van der Waals surface area contributed by atoms with Gasteiger partial charge in [0.05, 0.1) is 0 Å². The van der Waals surface area contributed by atoms with Gasteiger partial charge in [-0.25, -0.2) is 4.79 Å². The monoisotopic (exact) mass is 348 g/mol. The molecule has 0 fully saturated rings. The molecule has 142 valence electrons. The molecule has 0 amide bonds. The lowest BCUT2D eigenvalue weighted by Gasteiger charge is -1.99. The molecule has 0 unspecified atom stereocenters. The molecule has 0 radical (unpaired) electrons. The fourth-order valence-corrected chi connectivity index (χ4v) is 2.19. The molecule has 0 aromatic rings. The quantitative estimate of drug-likeness (QED) is 0.250. The van der Waals surface area contributed by atoms with E-state index in [0.29, 0.717) is 6.61 Å². The van der Waals surface area contributed by atoms with Crippen LogP contribution in [0.3, 0.4) is 0 Å². The molecule has 0 saturated carbocycles. The van der Waals surface area contributed by atoms with Gasteiger partial charge in [0.15, 0.2) is 0 Å². The van der Waals surface area contributed by atoms with E-state index in [-0.39, 0.29) is 6.61 Å². The van der Waals surface area contributed by atoms with Gasteiger partial charge in [-0.1, -0.05) is 68.4 Å². The molecular weight excluding hydrogens is 312 g/mol. The zero-order valence-electron chi connectivity index (χ0n) is 15.9. The first-order chi connectivity index (χ1) is 12.3. The number of carboxylic acid groups (broad SMARTS) is 1. The lowest BCUT2D eigenvalue weighted by Crippen LogP contribution is -2.07. The molecule has 0 atom stereocenters. The summed E-state index contributed by atoms with van der Waals surface area (Å²) in [6, 6.07) is 0. The first-order valence-corrected chi connectivity index (χ1v) is 9.67. The van der Waals surface area contributed by atoms with E-state index in [1.165, 1.54) is 25.7 Å². The van der Waals surface area contributed by atoms with E-state index in [1.54, 1.807) is 0 Å². The second kappa shape index (κ2) is 20.4. The van der Waals surface area contributed by atoms with E-state index < -0.39 is 5.97 Å². The van der Waals surface area contributed by atoms with Crippen LogP contribution in [0.4, 0.5) is 0 Å². The Balaban J connectivity index is 3.36. The fraction of sp³-hybridized carbons (Fsp3) is 0.591. The minimum Gasteiger partial charge on any atom is -0.480 e. The van der Waals surface area contributed by atoms with Gasteiger partial charge in [0.1, 0.15) is 6.61 Å². The van der Waals surface area contributed by atoms with Gasteiger partial charge in [0, 0.05) is 6.61 Å². The van der Waals surface area contributed by atoms with E-state index >= 15 is 0 Å². The van der Waals surface area contributed by atoms with E-state index in [1.807, 2.05) is 0 Å². The lowest BCUT2D eigenvalue weighted by atomic mass is 10.2. The Bertz CT molecular complexity index is 405. The Morgan fingerprint density at radius 1 is 0.760 bits per heavy atom. The molecule has 0 aromatic heterocycles. The van der Waals surface area contributed by atoms with Gasteiger partial charge in [0.2, 0.25) is 0 Å². The van der Waals surface area contributed by atoms with Crippen molar-refractivity contribution in [2.45, 2.75) is 71.1 Å². The minimum absolute atomic E-state index is 0.190. The third-order valence-corrected chi connectivity index (χ3v) is 3.59. The Hall–Kier alpha value is -1.61. The second-order valence-corrected chi connectivity index (χ2v) is 6.03. The highest BCUT2D eigenvalue weighted by Crippen LogP contribution is 2.01. The number of carboxylic acids is 1. The minimum atomic E-state index is -0.902. The molecule has 0 saturated heterocycles. The van der Waals surface area contributed by atoms with Crippen LogP contribution in [-0.4, -0.2) is 24.3 Å². The molecule has 0 aliphatic carbocycles. The van der Waals surface area contributed by atoms with Crippen LogP contribution in [0.1, 0.15) is 71.1 Å². The van der Waals surface area contributed by atoms with Gasteiger partial charge < -0.3 is 9.84 Å². The van der Waals surface area contributed by atoms with Crippen molar-refractivity contribution in [3.05, 3.63) is 48.6 Å². The summed E-state index contributed by atoms with van der Waals surface area (Å²) in [6.45, 7) is 2.57. The van der Waals surface area contributed by atoms with E-state index in [4.69, 9.17) is 9.84 Å². The zero-order valence-corrected chi connectivity index (χ0v) is 15.9. The van der Waals surface area contributed by atoms with Gasteiger partial charge in [-0.15, -0.1) is 0 Å². The first kappa shape index (κ1) is 23.4. The maximum Gasteiger partial charge on any atom is 0.329 e. The summed E-state index contributed by atoms with van der Waals surface area (Å²) in [4.78, 5) is 10.2. The Labute approximate surface area is 154 Å². The smallest absolute Gasteiger partial charge is 0.329 e. The van der Waals surface area contributed by atoms with Gasteiger partial charge >= 0.3 is 5.97 Å². The van der Waals surface area contributed by atoms with Crippen molar-refractivity contribution in [1.82, 2.24) is 0 Å². The highest BCUT2D eigenvalue weighted by atomic mass is 16.5. The number of carbonyl (C=O) groups is 1. The van der Waals surface area contributed by atoms with Crippen LogP contribution in [0.2, 0.25) is 0 Å². The molecule has 0 bridgehead atoms. The fourth-order valence-electron chi connectivity index (χ4n) is 2.19. The molecule has 0 heterocycles. The first-order valence-electron chi connectivity index (χ1n) is 9.67. The summed E-state index contributed by atoms with van der Waals surface area (Å²) >= 11 is 0. The number of rotatable bonds is 17. The van der Waals surface area contributed by atoms with Crippen molar-refractivity contribution >= 4 is 5.97 Å². The summed E-state index contributed by atoms with van der Waals surface area (Å²) in [5, 5.41) is 8.42. The molecular formula is C22H36O3. The van der Waals surface area contributed by atoms with Crippen LogP contribution in [0.5, 0.6) is 0 Å². The van der Waals surface area contributed by atoms with Gasteiger partial charge in [-0.3, -0.25) is 0 Å². The average molecular weight is 349 g/mol. The Kier molecular flexibility index (Phi) is 19.1. The topological polar surface area (TPSA) is 46.5 Å². The number of ether oxygens (including phenoxy) is 1. The highest BCUT2D eigenvalue weighted by molar-refractivity contribution is 5.67. The normalized spacial score (nSPS) is 12.4. The summed E-state index contributed by atoms with van der Waals surface area (Å²) in [7, 11) is 0. The average Bonchev–Trinajstić information content (AvgIpc) is 2.60. The number of hydrogen-bond donors (Lipinski definition) is 1. The van der Waals surface area contributed by atoms with Crippen molar-refractivity contribution in [3.8, 4) is 0 Å². The number of aliphatic carboxylic acids is 1. The molecule has 3 nitrogen and oxygen atoms in total. The summed E-state index contributed by atoms with van der Waals surface area (Å²) in [6.07, 6.45) is 28.9. The predicted molar refractivity (Wildman–Crippen MR) is 107 cm³/mol. The van der Waals surface area contributed by atoms with Crippen LogP contribution < -0.4 is 0 Å². The molecule has 25 heavy (non-hydrogen) atoms. The summed E-state index contributed by atoms with van der Waals surface area (Å²) in [5.74, 6) is -0.902. The molecule has 0 aliphatic rings. The number of hydrogen-bond acceptors (Lipinski definition) is 2. The van der Waals surface area contributed by atoms with E-state index in [2.05, 4.69) is 55.5 Å².